The van der Waals surface area contributed by atoms with Crippen LogP contribution in [0.2, 0.25) is 0 Å². The summed E-state index contributed by atoms with van der Waals surface area (Å²) in [5.74, 6) is 0.415. The van der Waals surface area contributed by atoms with Crippen molar-refractivity contribution in [2.45, 2.75) is 33.1 Å². The molecule has 0 bridgehead atoms. The van der Waals surface area contributed by atoms with Crippen molar-refractivity contribution in [2.75, 3.05) is 7.11 Å². The predicted octanol–water partition coefficient (Wildman–Crippen LogP) is 5.62. The summed E-state index contributed by atoms with van der Waals surface area (Å²) in [6, 6.07) is 14.4. The van der Waals surface area contributed by atoms with Crippen LogP contribution in [0, 0.1) is 0 Å². The van der Waals surface area contributed by atoms with Crippen LogP contribution >= 0.6 is 0 Å². The van der Waals surface area contributed by atoms with Gasteiger partial charge >= 0.3 is 5.97 Å². The van der Waals surface area contributed by atoms with Gasteiger partial charge in [-0.25, -0.2) is 0 Å². The van der Waals surface area contributed by atoms with Gasteiger partial charge in [0.2, 0.25) is 0 Å². The Kier molecular flexibility index (Phi) is 4.99. The van der Waals surface area contributed by atoms with E-state index in [2.05, 4.69) is 44.2 Å². The fourth-order valence-electron chi connectivity index (χ4n) is 3.41. The third kappa shape index (κ3) is 3.43. The number of ether oxygens (including phenoxy) is 1. The summed E-state index contributed by atoms with van der Waals surface area (Å²) >= 11 is 0. The molecule has 134 valence electrons. The number of aliphatic carboxylic acids is 1. The van der Waals surface area contributed by atoms with Gasteiger partial charge in [0.05, 0.1) is 13.5 Å². The van der Waals surface area contributed by atoms with Crippen molar-refractivity contribution in [3.8, 4) is 5.75 Å². The maximum absolute atomic E-state index is 11.3. The molecular formula is C23H24O3. The average molecular weight is 348 g/mol. The van der Waals surface area contributed by atoms with E-state index < -0.39 is 5.97 Å². The zero-order valence-corrected chi connectivity index (χ0v) is 15.7. The molecule has 0 fully saturated rings. The molecule has 3 rings (SSSR count). The summed E-state index contributed by atoms with van der Waals surface area (Å²) < 4.78 is 5.33. The van der Waals surface area contributed by atoms with Crippen molar-refractivity contribution < 1.29 is 14.6 Å². The number of allylic oxidation sites excluding steroid dienone is 2. The fourth-order valence-corrected chi connectivity index (χ4v) is 3.41. The SMILES string of the molecule is COc1ccc2c(c1)C(CC(=O)O)=C(C)/C2=C/c1ccc(C(C)C)cc1. The van der Waals surface area contributed by atoms with E-state index >= 15 is 0 Å². The van der Waals surface area contributed by atoms with Crippen LogP contribution in [-0.2, 0) is 4.79 Å². The molecule has 1 aliphatic carbocycles. The van der Waals surface area contributed by atoms with Gasteiger partial charge in [-0.3, -0.25) is 4.79 Å². The molecule has 0 saturated heterocycles. The van der Waals surface area contributed by atoms with E-state index in [9.17, 15) is 9.90 Å². The monoisotopic (exact) mass is 348 g/mol. The summed E-state index contributed by atoms with van der Waals surface area (Å²) in [4.78, 5) is 11.3. The predicted molar refractivity (Wildman–Crippen MR) is 106 cm³/mol. The first kappa shape index (κ1) is 18.0. The number of hydrogen-bond donors (Lipinski definition) is 1. The van der Waals surface area contributed by atoms with Crippen LogP contribution in [0.4, 0.5) is 0 Å². The largest absolute Gasteiger partial charge is 0.497 e. The third-order valence-electron chi connectivity index (χ3n) is 4.94. The molecule has 1 aliphatic rings. The third-order valence-corrected chi connectivity index (χ3v) is 4.94. The number of fused-ring (bicyclic) bond motifs is 1. The molecule has 3 nitrogen and oxygen atoms in total. The topological polar surface area (TPSA) is 46.5 Å². The van der Waals surface area contributed by atoms with Gasteiger partial charge in [-0.2, -0.15) is 0 Å². The molecule has 0 unspecified atom stereocenters. The molecule has 3 heteroatoms. The van der Waals surface area contributed by atoms with Gasteiger partial charge < -0.3 is 9.84 Å². The van der Waals surface area contributed by atoms with Crippen molar-refractivity contribution in [1.29, 1.82) is 0 Å². The Hall–Kier alpha value is -2.81. The minimum atomic E-state index is -0.823. The lowest BCUT2D eigenvalue weighted by Crippen LogP contribution is -1.97. The maximum atomic E-state index is 11.3. The summed E-state index contributed by atoms with van der Waals surface area (Å²) in [7, 11) is 1.62. The number of carboxylic acids is 1. The minimum Gasteiger partial charge on any atom is -0.497 e. The Morgan fingerprint density at radius 2 is 1.81 bits per heavy atom. The molecular weight excluding hydrogens is 324 g/mol. The van der Waals surface area contributed by atoms with Crippen LogP contribution < -0.4 is 4.74 Å². The molecule has 0 aromatic heterocycles. The number of hydrogen-bond acceptors (Lipinski definition) is 2. The standard InChI is InChI=1S/C23H24O3/c1-14(2)17-7-5-16(6-8-17)11-20-15(3)21(13-23(24)25)22-12-18(26-4)9-10-19(20)22/h5-12,14H,13H2,1-4H3,(H,24,25)/b20-11-. The van der Waals surface area contributed by atoms with Gasteiger partial charge in [-0.15, -0.1) is 0 Å². The summed E-state index contributed by atoms with van der Waals surface area (Å²) in [5, 5.41) is 9.32. The van der Waals surface area contributed by atoms with Crippen LogP contribution in [-0.4, -0.2) is 18.2 Å². The van der Waals surface area contributed by atoms with E-state index in [0.29, 0.717) is 5.92 Å². The molecule has 0 spiro atoms. The number of benzene rings is 2. The van der Waals surface area contributed by atoms with Gasteiger partial charge in [-0.1, -0.05) is 44.2 Å². The lowest BCUT2D eigenvalue weighted by atomic mass is 9.98. The molecule has 0 amide bonds. The zero-order chi connectivity index (χ0) is 18.8. The molecule has 0 saturated carbocycles. The Balaban J connectivity index is 2.09. The highest BCUT2D eigenvalue weighted by atomic mass is 16.5. The number of rotatable bonds is 5. The van der Waals surface area contributed by atoms with Crippen molar-refractivity contribution in [3.63, 3.8) is 0 Å². The number of carboxylic acid groups (broad SMARTS) is 1. The van der Waals surface area contributed by atoms with E-state index in [4.69, 9.17) is 4.74 Å². The maximum Gasteiger partial charge on any atom is 0.307 e. The molecule has 0 radical (unpaired) electrons. The van der Waals surface area contributed by atoms with Gasteiger partial charge in [0, 0.05) is 0 Å². The van der Waals surface area contributed by atoms with Gasteiger partial charge in [0.1, 0.15) is 5.75 Å². The van der Waals surface area contributed by atoms with E-state index in [1.54, 1.807) is 7.11 Å². The lowest BCUT2D eigenvalue weighted by molar-refractivity contribution is -0.135. The molecule has 0 atom stereocenters. The normalized spacial score (nSPS) is 14.9. The van der Waals surface area contributed by atoms with Gasteiger partial charge in [-0.05, 0) is 70.0 Å². The highest BCUT2D eigenvalue weighted by Gasteiger charge is 2.25. The second-order valence-electron chi connectivity index (χ2n) is 6.96. The second-order valence-corrected chi connectivity index (χ2v) is 6.96. The first-order valence-corrected chi connectivity index (χ1v) is 8.83. The molecule has 0 heterocycles. The van der Waals surface area contributed by atoms with Crippen molar-refractivity contribution >= 4 is 23.2 Å². The first-order chi connectivity index (χ1) is 12.4. The Morgan fingerprint density at radius 1 is 1.12 bits per heavy atom. The van der Waals surface area contributed by atoms with E-state index in [1.807, 2.05) is 25.1 Å². The highest BCUT2D eigenvalue weighted by Crippen LogP contribution is 2.44. The zero-order valence-electron chi connectivity index (χ0n) is 15.7. The van der Waals surface area contributed by atoms with Crippen LogP contribution in [0.5, 0.6) is 5.75 Å². The quantitative estimate of drug-likeness (QED) is 0.762. The molecule has 0 aliphatic heterocycles. The lowest BCUT2D eigenvalue weighted by Gasteiger charge is -2.08. The molecule has 2 aromatic carbocycles. The van der Waals surface area contributed by atoms with Gasteiger partial charge in [0.25, 0.3) is 0 Å². The Bertz CT molecular complexity index is 900. The van der Waals surface area contributed by atoms with Crippen LogP contribution in [0.3, 0.4) is 0 Å². The highest BCUT2D eigenvalue weighted by molar-refractivity contribution is 6.07. The first-order valence-electron chi connectivity index (χ1n) is 8.83. The minimum absolute atomic E-state index is 0.00955. The van der Waals surface area contributed by atoms with Crippen molar-refractivity contribution in [1.82, 2.24) is 0 Å². The van der Waals surface area contributed by atoms with E-state index in [0.717, 1.165) is 39.2 Å². The van der Waals surface area contributed by atoms with Crippen molar-refractivity contribution in [3.05, 3.63) is 70.3 Å². The van der Waals surface area contributed by atoms with Crippen LogP contribution in [0.1, 0.15) is 55.4 Å². The molecule has 2 aromatic rings. The summed E-state index contributed by atoms with van der Waals surface area (Å²) in [6.45, 7) is 6.36. The number of carbonyl (C=O) groups is 1. The summed E-state index contributed by atoms with van der Waals surface area (Å²) in [6.07, 6.45) is 2.15. The Morgan fingerprint density at radius 3 is 2.38 bits per heavy atom. The van der Waals surface area contributed by atoms with Crippen LogP contribution in [0.15, 0.2) is 48.0 Å². The van der Waals surface area contributed by atoms with Gasteiger partial charge in [0.15, 0.2) is 0 Å². The fraction of sp³-hybridized carbons (Fsp3) is 0.261. The second kappa shape index (κ2) is 7.20. The molecule has 1 N–H and O–H groups in total. The van der Waals surface area contributed by atoms with E-state index in [1.165, 1.54) is 5.56 Å². The molecule has 26 heavy (non-hydrogen) atoms. The Labute approximate surface area is 154 Å². The van der Waals surface area contributed by atoms with Crippen molar-refractivity contribution in [2.24, 2.45) is 0 Å². The van der Waals surface area contributed by atoms with Crippen LogP contribution in [0.25, 0.3) is 17.2 Å². The van der Waals surface area contributed by atoms with E-state index in [-0.39, 0.29) is 6.42 Å². The average Bonchev–Trinajstić information content (AvgIpc) is 2.87. The smallest absolute Gasteiger partial charge is 0.307 e. The summed E-state index contributed by atoms with van der Waals surface area (Å²) in [5.41, 5.74) is 7.39. The number of methoxy groups -OCH3 is 1.